The lowest BCUT2D eigenvalue weighted by molar-refractivity contribution is -0.120. The standard InChI is InChI=1S/C35H41N5O4S/c1-5-25(37-32(42)27-12-10-17-36-31(27)39-18-8-9-19-39)15-14-23(2)34(44)40-20-16-24-21-29(33(43)38-35(3,4)22-41)45-30(24)26-11-6-7-13-28(26)40/h5-7,10-15,17,21,23,41H,8-9,16,18-20,22H2,1-4H3,(H,37,42)(H,38,43). The molecule has 0 saturated carbocycles. The molecular weight excluding hydrogens is 586 g/mol. The first-order valence-electron chi connectivity index (χ1n) is 15.4. The Kier molecular flexibility index (Phi) is 9.84. The predicted molar refractivity (Wildman–Crippen MR) is 180 cm³/mol. The zero-order valence-electron chi connectivity index (χ0n) is 26.3. The molecule has 2 aliphatic heterocycles. The molecule has 3 N–H and O–H groups in total. The second-order valence-corrected chi connectivity index (χ2v) is 13.2. The number of nitrogens with one attached hydrogen (secondary N) is 2. The van der Waals surface area contributed by atoms with Crippen molar-refractivity contribution in [3.05, 3.63) is 88.6 Å². The number of aliphatic hydroxyl groups is 1. The summed E-state index contributed by atoms with van der Waals surface area (Å²) in [5, 5.41) is 15.5. The smallest absolute Gasteiger partial charge is 0.261 e. The van der Waals surface area contributed by atoms with E-state index in [1.807, 2.05) is 61.2 Å². The van der Waals surface area contributed by atoms with Gasteiger partial charge in [-0.2, -0.15) is 0 Å². The molecular formula is C35H41N5O4S. The Morgan fingerprint density at radius 1 is 1.09 bits per heavy atom. The minimum Gasteiger partial charge on any atom is -0.394 e. The summed E-state index contributed by atoms with van der Waals surface area (Å²) in [7, 11) is 0. The number of aromatic nitrogens is 1. The fourth-order valence-electron chi connectivity index (χ4n) is 5.59. The van der Waals surface area contributed by atoms with Crippen molar-refractivity contribution >= 4 is 40.6 Å². The first kappa shape index (κ1) is 32.1. The number of carbonyl (C=O) groups excluding carboxylic acids is 3. The molecule has 3 aromatic rings. The highest BCUT2D eigenvalue weighted by atomic mass is 32.1. The number of pyridine rings is 1. The minimum absolute atomic E-state index is 0.0538. The number of thiophene rings is 1. The maximum absolute atomic E-state index is 13.9. The molecule has 4 heterocycles. The Morgan fingerprint density at radius 3 is 2.58 bits per heavy atom. The molecule has 1 saturated heterocycles. The molecule has 9 nitrogen and oxygen atoms in total. The number of nitrogens with zero attached hydrogens (tertiary/aromatic N) is 3. The largest absolute Gasteiger partial charge is 0.394 e. The fourth-order valence-corrected chi connectivity index (χ4v) is 6.72. The van der Waals surface area contributed by atoms with E-state index in [2.05, 4.69) is 20.5 Å². The molecule has 1 atom stereocenters. The summed E-state index contributed by atoms with van der Waals surface area (Å²) in [6.45, 7) is 9.33. The third kappa shape index (κ3) is 7.18. The van der Waals surface area contributed by atoms with E-state index >= 15 is 0 Å². The number of fused-ring (bicyclic) bond motifs is 3. The van der Waals surface area contributed by atoms with Crippen LogP contribution in [0.25, 0.3) is 10.4 Å². The van der Waals surface area contributed by atoms with Crippen LogP contribution in [0.5, 0.6) is 0 Å². The molecule has 0 spiro atoms. The highest BCUT2D eigenvalue weighted by molar-refractivity contribution is 7.17. The summed E-state index contributed by atoms with van der Waals surface area (Å²) in [4.78, 5) is 50.1. The van der Waals surface area contributed by atoms with E-state index in [0.717, 1.165) is 47.6 Å². The maximum Gasteiger partial charge on any atom is 0.261 e. The van der Waals surface area contributed by atoms with Crippen LogP contribution < -0.4 is 20.4 Å². The Labute approximate surface area is 268 Å². The minimum atomic E-state index is -0.728. The lowest BCUT2D eigenvalue weighted by atomic mass is 10.1. The summed E-state index contributed by atoms with van der Waals surface area (Å²) in [5.41, 5.74) is 3.13. The molecule has 236 valence electrons. The van der Waals surface area contributed by atoms with E-state index in [1.165, 1.54) is 11.3 Å². The van der Waals surface area contributed by atoms with Gasteiger partial charge in [0.1, 0.15) is 5.82 Å². The predicted octanol–water partition coefficient (Wildman–Crippen LogP) is 5.33. The van der Waals surface area contributed by atoms with Crippen LogP contribution in [-0.4, -0.2) is 59.6 Å². The van der Waals surface area contributed by atoms with Gasteiger partial charge in [-0.15, -0.1) is 11.3 Å². The zero-order valence-corrected chi connectivity index (χ0v) is 27.1. The van der Waals surface area contributed by atoms with E-state index < -0.39 is 11.5 Å². The van der Waals surface area contributed by atoms with Gasteiger partial charge >= 0.3 is 0 Å². The number of carbonyl (C=O) groups is 3. The Hall–Kier alpha value is -4.28. The van der Waals surface area contributed by atoms with Gasteiger partial charge in [-0.3, -0.25) is 14.4 Å². The summed E-state index contributed by atoms with van der Waals surface area (Å²) < 4.78 is 0. The molecule has 1 aromatic carbocycles. The SMILES string of the molecule is CC=C(C=CC(C)C(=O)N1CCc2cc(C(=O)NC(C)(C)CO)sc2-c2ccccc21)NC(=O)c1cccnc1N1CCCC1. The summed E-state index contributed by atoms with van der Waals surface area (Å²) in [6.07, 6.45) is 9.90. The van der Waals surface area contributed by atoms with Gasteiger partial charge in [0.15, 0.2) is 0 Å². The number of benzene rings is 1. The number of amides is 3. The van der Waals surface area contributed by atoms with Gasteiger partial charge in [-0.25, -0.2) is 4.98 Å². The lowest BCUT2D eigenvalue weighted by Crippen LogP contribution is -2.46. The molecule has 0 bridgehead atoms. The van der Waals surface area contributed by atoms with Gasteiger partial charge in [0.2, 0.25) is 5.91 Å². The fraction of sp³-hybridized carbons (Fsp3) is 0.371. The van der Waals surface area contributed by atoms with Crippen molar-refractivity contribution in [3.8, 4) is 10.4 Å². The monoisotopic (exact) mass is 627 g/mol. The van der Waals surface area contributed by atoms with E-state index in [1.54, 1.807) is 38.3 Å². The molecule has 10 heteroatoms. The quantitative estimate of drug-likeness (QED) is 0.277. The lowest BCUT2D eigenvalue weighted by Gasteiger charge is -2.25. The molecule has 1 unspecified atom stereocenters. The van der Waals surface area contributed by atoms with Gasteiger partial charge in [0.05, 0.1) is 34.2 Å². The average molecular weight is 628 g/mol. The molecule has 0 aliphatic carbocycles. The molecule has 1 fully saturated rings. The second-order valence-electron chi connectivity index (χ2n) is 12.1. The van der Waals surface area contributed by atoms with Gasteiger partial charge in [-0.1, -0.05) is 37.3 Å². The number of anilines is 2. The third-order valence-corrected chi connectivity index (χ3v) is 9.36. The molecule has 2 aromatic heterocycles. The topological polar surface area (TPSA) is 115 Å². The second kappa shape index (κ2) is 13.8. The highest BCUT2D eigenvalue weighted by Gasteiger charge is 2.29. The average Bonchev–Trinajstić information content (AvgIpc) is 3.71. The van der Waals surface area contributed by atoms with Crippen LogP contribution in [0.1, 0.15) is 66.1 Å². The number of hydrogen-bond acceptors (Lipinski definition) is 7. The van der Waals surface area contributed by atoms with Crippen molar-refractivity contribution in [3.63, 3.8) is 0 Å². The first-order chi connectivity index (χ1) is 21.6. The third-order valence-electron chi connectivity index (χ3n) is 8.15. The summed E-state index contributed by atoms with van der Waals surface area (Å²) in [6, 6.07) is 13.2. The van der Waals surface area contributed by atoms with Crippen molar-refractivity contribution < 1.29 is 19.5 Å². The number of para-hydroxylation sites is 1. The van der Waals surface area contributed by atoms with Gasteiger partial charge in [0, 0.05) is 42.0 Å². The van der Waals surface area contributed by atoms with Gasteiger partial charge in [-0.05, 0) is 75.9 Å². The normalized spacial score (nSPS) is 15.8. The van der Waals surface area contributed by atoms with Crippen LogP contribution in [0.4, 0.5) is 11.5 Å². The van der Waals surface area contributed by atoms with Crippen LogP contribution >= 0.6 is 11.3 Å². The molecule has 5 rings (SSSR count). The van der Waals surface area contributed by atoms with Crippen molar-refractivity contribution in [2.45, 2.75) is 52.5 Å². The van der Waals surface area contributed by atoms with E-state index in [4.69, 9.17) is 0 Å². The summed E-state index contributed by atoms with van der Waals surface area (Å²) in [5.74, 6) is -0.268. The van der Waals surface area contributed by atoms with Crippen molar-refractivity contribution in [1.29, 1.82) is 0 Å². The molecule has 0 radical (unpaired) electrons. The number of aliphatic hydroxyl groups excluding tert-OH is 1. The number of hydrogen-bond donors (Lipinski definition) is 3. The molecule has 2 aliphatic rings. The van der Waals surface area contributed by atoms with E-state index in [-0.39, 0.29) is 24.3 Å². The Morgan fingerprint density at radius 2 is 1.84 bits per heavy atom. The van der Waals surface area contributed by atoms with Gasteiger partial charge in [0.25, 0.3) is 11.8 Å². The van der Waals surface area contributed by atoms with Crippen molar-refractivity contribution in [2.75, 3.05) is 36.0 Å². The van der Waals surface area contributed by atoms with Crippen LogP contribution in [0.3, 0.4) is 0 Å². The van der Waals surface area contributed by atoms with Gasteiger partial charge < -0.3 is 25.5 Å². The number of allylic oxidation sites excluding steroid dienone is 2. The maximum atomic E-state index is 13.9. The van der Waals surface area contributed by atoms with Crippen LogP contribution in [0, 0.1) is 5.92 Å². The van der Waals surface area contributed by atoms with E-state index in [0.29, 0.717) is 34.9 Å². The van der Waals surface area contributed by atoms with Crippen LogP contribution in [0.2, 0.25) is 0 Å². The zero-order chi connectivity index (χ0) is 32.1. The number of rotatable bonds is 9. The van der Waals surface area contributed by atoms with Crippen molar-refractivity contribution in [2.24, 2.45) is 5.92 Å². The molecule has 3 amide bonds. The van der Waals surface area contributed by atoms with Crippen molar-refractivity contribution in [1.82, 2.24) is 15.6 Å². The van der Waals surface area contributed by atoms with E-state index in [9.17, 15) is 19.5 Å². The first-order valence-corrected chi connectivity index (χ1v) is 16.3. The Bertz CT molecular complexity index is 1640. The molecule has 45 heavy (non-hydrogen) atoms. The Balaban J connectivity index is 1.30. The highest BCUT2D eigenvalue weighted by Crippen LogP contribution is 2.42. The van der Waals surface area contributed by atoms with Crippen LogP contribution in [-0.2, 0) is 11.2 Å². The summed E-state index contributed by atoms with van der Waals surface area (Å²) >= 11 is 1.40. The van der Waals surface area contributed by atoms with Crippen LogP contribution in [0.15, 0.2) is 72.6 Å².